The Balaban J connectivity index is 2.67. The van der Waals surface area contributed by atoms with Crippen LogP contribution in [0.2, 0.25) is 0 Å². The zero-order valence-electron chi connectivity index (χ0n) is 6.14. The zero-order valence-corrected chi connectivity index (χ0v) is 6.14. The maximum atomic E-state index is 5.27. The van der Waals surface area contributed by atoms with Crippen LogP contribution in [0, 0.1) is 18.3 Å². The van der Waals surface area contributed by atoms with E-state index in [1.807, 2.05) is 6.08 Å². The summed E-state index contributed by atoms with van der Waals surface area (Å²) in [6.07, 6.45) is 12.9. The molecule has 1 unspecified atom stereocenters. The van der Waals surface area contributed by atoms with Gasteiger partial charge in [-0.3, -0.25) is 0 Å². The Morgan fingerprint density at radius 1 is 1.80 bits per heavy atom. The van der Waals surface area contributed by atoms with Gasteiger partial charge in [-0.05, 0) is 30.8 Å². The molecule has 1 aliphatic rings. The number of hydrogen-bond donors (Lipinski definition) is 0. The second-order valence-electron chi connectivity index (χ2n) is 2.63. The molecule has 10 heavy (non-hydrogen) atoms. The minimum Gasteiger partial charge on any atom is -0.115 e. The second-order valence-corrected chi connectivity index (χ2v) is 2.63. The minimum atomic E-state index is 0.528. The molecule has 0 heterocycles. The summed E-state index contributed by atoms with van der Waals surface area (Å²) < 4.78 is 0. The van der Waals surface area contributed by atoms with Gasteiger partial charge in [-0.15, -0.1) is 13.0 Å². The van der Waals surface area contributed by atoms with Gasteiger partial charge in [-0.2, -0.15) is 0 Å². The van der Waals surface area contributed by atoms with Gasteiger partial charge in [0.2, 0.25) is 0 Å². The molecule has 1 rings (SSSR count). The number of hydrogen-bond acceptors (Lipinski definition) is 0. The van der Waals surface area contributed by atoms with E-state index in [4.69, 9.17) is 6.42 Å². The third kappa shape index (κ3) is 1.51. The van der Waals surface area contributed by atoms with Gasteiger partial charge in [0.05, 0.1) is 0 Å². The molecule has 0 aromatic carbocycles. The van der Waals surface area contributed by atoms with E-state index in [-0.39, 0.29) is 0 Å². The molecule has 0 spiro atoms. The standard InChI is InChI=1S/C10H12/c1-3-9-6-5-7-10(4-2)8-9/h1,4,8,10H,2,5-7H2. The van der Waals surface area contributed by atoms with E-state index >= 15 is 0 Å². The Morgan fingerprint density at radius 3 is 3.20 bits per heavy atom. The van der Waals surface area contributed by atoms with Gasteiger partial charge in [0.1, 0.15) is 0 Å². The van der Waals surface area contributed by atoms with Crippen LogP contribution in [0.15, 0.2) is 24.3 Å². The Morgan fingerprint density at radius 2 is 2.60 bits per heavy atom. The molecule has 1 aliphatic carbocycles. The monoisotopic (exact) mass is 132 g/mol. The first-order valence-electron chi connectivity index (χ1n) is 3.66. The summed E-state index contributed by atoms with van der Waals surface area (Å²) in [7, 11) is 0. The molecule has 0 aromatic heterocycles. The maximum Gasteiger partial charge on any atom is -0.00163 e. The van der Waals surface area contributed by atoms with Crippen molar-refractivity contribution in [1.29, 1.82) is 0 Å². The van der Waals surface area contributed by atoms with Crippen LogP contribution in [0.25, 0.3) is 0 Å². The van der Waals surface area contributed by atoms with Gasteiger partial charge >= 0.3 is 0 Å². The summed E-state index contributed by atoms with van der Waals surface area (Å²) in [5.74, 6) is 3.21. The summed E-state index contributed by atoms with van der Waals surface area (Å²) in [6, 6.07) is 0. The molecule has 1 atom stereocenters. The first-order chi connectivity index (χ1) is 4.86. The Bertz CT molecular complexity index is 191. The van der Waals surface area contributed by atoms with E-state index in [0.717, 1.165) is 12.0 Å². The average Bonchev–Trinajstić information content (AvgIpc) is 2.05. The highest BCUT2D eigenvalue weighted by atomic mass is 14.1. The second kappa shape index (κ2) is 3.27. The fourth-order valence-corrected chi connectivity index (χ4v) is 1.26. The fraction of sp³-hybridized carbons (Fsp3) is 0.400. The molecule has 0 aromatic rings. The molecule has 52 valence electrons. The summed E-state index contributed by atoms with van der Waals surface area (Å²) >= 11 is 0. The summed E-state index contributed by atoms with van der Waals surface area (Å²) in [4.78, 5) is 0. The van der Waals surface area contributed by atoms with Crippen LogP contribution in [-0.2, 0) is 0 Å². The smallest absolute Gasteiger partial charge is 0.00163 e. The van der Waals surface area contributed by atoms with Gasteiger partial charge < -0.3 is 0 Å². The van der Waals surface area contributed by atoms with E-state index in [1.165, 1.54) is 12.8 Å². The van der Waals surface area contributed by atoms with Gasteiger partial charge in [-0.1, -0.05) is 18.1 Å². The van der Waals surface area contributed by atoms with Crippen LogP contribution < -0.4 is 0 Å². The molecule has 0 saturated carbocycles. The highest BCUT2D eigenvalue weighted by Crippen LogP contribution is 2.22. The summed E-state index contributed by atoms with van der Waals surface area (Å²) in [5.41, 5.74) is 1.15. The van der Waals surface area contributed by atoms with Crippen LogP contribution >= 0.6 is 0 Å². The Kier molecular flexibility index (Phi) is 2.34. The van der Waals surface area contributed by atoms with Crippen LogP contribution in [0.1, 0.15) is 19.3 Å². The first kappa shape index (κ1) is 7.15. The van der Waals surface area contributed by atoms with Gasteiger partial charge in [0.15, 0.2) is 0 Å². The van der Waals surface area contributed by atoms with E-state index in [2.05, 4.69) is 18.6 Å². The van der Waals surface area contributed by atoms with Crippen molar-refractivity contribution in [2.24, 2.45) is 5.92 Å². The molecule has 0 amide bonds. The fourth-order valence-electron chi connectivity index (χ4n) is 1.26. The summed E-state index contributed by atoms with van der Waals surface area (Å²) in [5, 5.41) is 0. The lowest BCUT2D eigenvalue weighted by Crippen LogP contribution is -1.99. The van der Waals surface area contributed by atoms with Crippen molar-refractivity contribution in [3.63, 3.8) is 0 Å². The van der Waals surface area contributed by atoms with Gasteiger partial charge in [0, 0.05) is 0 Å². The molecule has 0 bridgehead atoms. The number of terminal acetylenes is 1. The lowest BCUT2D eigenvalue weighted by Gasteiger charge is -2.14. The highest BCUT2D eigenvalue weighted by Gasteiger charge is 2.07. The summed E-state index contributed by atoms with van der Waals surface area (Å²) in [6.45, 7) is 3.74. The normalized spacial score (nSPS) is 24.7. The predicted octanol–water partition coefficient (Wildman–Crippen LogP) is 2.53. The molecule has 0 saturated heterocycles. The van der Waals surface area contributed by atoms with Gasteiger partial charge in [0.25, 0.3) is 0 Å². The zero-order chi connectivity index (χ0) is 7.40. The van der Waals surface area contributed by atoms with Crippen molar-refractivity contribution < 1.29 is 0 Å². The Hall–Kier alpha value is -0.960. The molecular formula is C10H12. The van der Waals surface area contributed by atoms with Crippen molar-refractivity contribution in [2.45, 2.75) is 19.3 Å². The molecule has 0 heteroatoms. The number of rotatable bonds is 1. The van der Waals surface area contributed by atoms with Crippen LogP contribution in [0.3, 0.4) is 0 Å². The van der Waals surface area contributed by atoms with E-state index < -0.39 is 0 Å². The molecular weight excluding hydrogens is 120 g/mol. The lowest BCUT2D eigenvalue weighted by molar-refractivity contribution is 0.621. The van der Waals surface area contributed by atoms with Crippen LogP contribution in [0.4, 0.5) is 0 Å². The highest BCUT2D eigenvalue weighted by molar-refractivity contribution is 5.28. The molecule has 0 fully saturated rings. The van der Waals surface area contributed by atoms with Crippen LogP contribution in [0.5, 0.6) is 0 Å². The molecule has 0 aliphatic heterocycles. The van der Waals surface area contributed by atoms with Crippen molar-refractivity contribution >= 4 is 0 Å². The lowest BCUT2D eigenvalue weighted by atomic mass is 9.91. The van der Waals surface area contributed by atoms with E-state index in [9.17, 15) is 0 Å². The quantitative estimate of drug-likeness (QED) is 0.380. The van der Waals surface area contributed by atoms with E-state index in [1.54, 1.807) is 0 Å². The van der Waals surface area contributed by atoms with Crippen molar-refractivity contribution in [2.75, 3.05) is 0 Å². The van der Waals surface area contributed by atoms with Crippen molar-refractivity contribution in [3.8, 4) is 12.3 Å². The van der Waals surface area contributed by atoms with Gasteiger partial charge in [-0.25, -0.2) is 0 Å². The van der Waals surface area contributed by atoms with Crippen LogP contribution in [-0.4, -0.2) is 0 Å². The third-order valence-electron chi connectivity index (χ3n) is 1.89. The number of allylic oxidation sites excluding steroid dienone is 3. The molecule has 0 nitrogen and oxygen atoms in total. The van der Waals surface area contributed by atoms with E-state index in [0.29, 0.717) is 5.92 Å². The maximum absolute atomic E-state index is 5.27. The molecule has 0 N–H and O–H groups in total. The molecule has 0 radical (unpaired) electrons. The van der Waals surface area contributed by atoms with Crippen molar-refractivity contribution in [1.82, 2.24) is 0 Å². The first-order valence-corrected chi connectivity index (χ1v) is 3.66. The average molecular weight is 132 g/mol. The largest absolute Gasteiger partial charge is 0.115 e. The topological polar surface area (TPSA) is 0 Å². The third-order valence-corrected chi connectivity index (χ3v) is 1.89. The minimum absolute atomic E-state index is 0.528. The van der Waals surface area contributed by atoms with Crippen molar-refractivity contribution in [3.05, 3.63) is 24.3 Å². The predicted molar refractivity (Wildman–Crippen MR) is 44.5 cm³/mol. The Labute approximate surface area is 62.6 Å². The SMILES string of the molecule is C#CC1=CC(C=C)CCC1.